The van der Waals surface area contributed by atoms with Gasteiger partial charge < -0.3 is 0 Å². The third kappa shape index (κ3) is 9.11. The van der Waals surface area contributed by atoms with E-state index in [-0.39, 0.29) is 0 Å². The van der Waals surface area contributed by atoms with Crippen LogP contribution in [0.15, 0.2) is 12.1 Å². The van der Waals surface area contributed by atoms with E-state index in [1.165, 1.54) is 63.5 Å². The molecule has 3 heterocycles. The van der Waals surface area contributed by atoms with Gasteiger partial charge in [-0.1, -0.05) is 0 Å². The van der Waals surface area contributed by atoms with Crippen LogP contribution in [-0.2, 0) is 0 Å². The monoisotopic (exact) mass is 802 g/mol. The molecular formula is C34H62S2SiSn2. The maximum atomic E-state index is 2.84. The summed E-state index contributed by atoms with van der Waals surface area (Å²) in [7, 11) is -1.75. The van der Waals surface area contributed by atoms with Crippen LogP contribution in [0.5, 0.6) is 0 Å². The first-order chi connectivity index (χ1) is 18.0. The molecule has 0 spiro atoms. The molecule has 5 heteroatoms. The predicted molar refractivity (Wildman–Crippen MR) is 193 cm³/mol. The van der Waals surface area contributed by atoms with Gasteiger partial charge in [-0.3, -0.25) is 0 Å². The molecular weight excluding hydrogens is 738 g/mol. The molecule has 0 radical (unpaired) electrons. The number of hydrogen-bond acceptors (Lipinski definition) is 2. The van der Waals surface area contributed by atoms with E-state index in [0.717, 1.165) is 23.7 Å². The molecule has 2 aromatic rings. The van der Waals surface area contributed by atoms with Crippen LogP contribution in [0, 0.1) is 23.7 Å². The van der Waals surface area contributed by atoms with Crippen LogP contribution in [0.25, 0.3) is 9.75 Å². The van der Waals surface area contributed by atoms with Crippen molar-refractivity contribution in [2.24, 2.45) is 23.7 Å². The third-order valence-corrected chi connectivity index (χ3v) is 36.0. The van der Waals surface area contributed by atoms with Crippen molar-refractivity contribution in [3.8, 4) is 9.75 Å². The molecule has 0 saturated carbocycles. The predicted octanol–water partition coefficient (Wildman–Crippen LogP) is 10.1. The topological polar surface area (TPSA) is 0 Å². The Morgan fingerprint density at radius 2 is 0.923 bits per heavy atom. The van der Waals surface area contributed by atoms with Crippen LogP contribution in [0.4, 0.5) is 0 Å². The first-order valence-electron chi connectivity index (χ1n) is 16.3. The van der Waals surface area contributed by atoms with Crippen molar-refractivity contribution in [3.05, 3.63) is 12.1 Å². The van der Waals surface area contributed by atoms with E-state index in [4.69, 9.17) is 0 Å². The van der Waals surface area contributed by atoms with Gasteiger partial charge in [-0.15, -0.1) is 0 Å². The second kappa shape index (κ2) is 14.3. The van der Waals surface area contributed by atoms with Gasteiger partial charge in [-0.2, -0.15) is 0 Å². The summed E-state index contributed by atoms with van der Waals surface area (Å²) < 4.78 is 3.67. The van der Waals surface area contributed by atoms with Gasteiger partial charge in [0.05, 0.1) is 0 Å². The van der Waals surface area contributed by atoms with E-state index in [9.17, 15) is 0 Å². The Balaban J connectivity index is 1.99. The summed E-state index contributed by atoms with van der Waals surface area (Å²) in [5.74, 6) is 3.42. The van der Waals surface area contributed by atoms with Crippen LogP contribution in [-0.4, -0.2) is 44.8 Å². The fourth-order valence-electron chi connectivity index (χ4n) is 6.40. The summed E-state index contributed by atoms with van der Waals surface area (Å²) in [6.07, 6.45) is 11.4. The van der Waals surface area contributed by atoms with Crippen molar-refractivity contribution < 1.29 is 0 Å². The Morgan fingerprint density at radius 1 is 0.564 bits per heavy atom. The van der Waals surface area contributed by atoms with Gasteiger partial charge in [0.15, 0.2) is 0 Å². The van der Waals surface area contributed by atoms with Crippen molar-refractivity contribution in [2.75, 3.05) is 0 Å². The zero-order valence-electron chi connectivity index (χ0n) is 27.9. The van der Waals surface area contributed by atoms with E-state index in [1.54, 1.807) is 9.75 Å². The van der Waals surface area contributed by atoms with Crippen molar-refractivity contribution in [3.63, 3.8) is 0 Å². The molecule has 0 aliphatic carbocycles. The zero-order chi connectivity index (χ0) is 29.2. The van der Waals surface area contributed by atoms with E-state index in [0.29, 0.717) is 0 Å². The van der Waals surface area contributed by atoms with E-state index >= 15 is 0 Å². The normalized spacial score (nSPS) is 16.7. The molecule has 0 bridgehead atoms. The summed E-state index contributed by atoms with van der Waals surface area (Å²) >= 11 is 0.261. The zero-order valence-corrected chi connectivity index (χ0v) is 36.2. The number of thiophene rings is 2. The molecule has 222 valence electrons. The molecule has 0 saturated heterocycles. The van der Waals surface area contributed by atoms with Gasteiger partial charge in [-0.05, 0) is 0 Å². The summed E-state index contributed by atoms with van der Waals surface area (Å²) in [4.78, 5) is 19.4. The van der Waals surface area contributed by atoms with Crippen molar-refractivity contribution in [1.82, 2.24) is 0 Å². The van der Waals surface area contributed by atoms with Crippen molar-refractivity contribution in [1.29, 1.82) is 0 Å². The molecule has 1 aliphatic rings. The van der Waals surface area contributed by atoms with E-state index in [2.05, 4.69) is 106 Å². The second-order valence-corrected chi connectivity index (χ2v) is 53.4. The molecule has 2 aromatic heterocycles. The van der Waals surface area contributed by atoms with Gasteiger partial charge in [0.2, 0.25) is 0 Å². The first kappa shape index (κ1) is 34.7. The Morgan fingerprint density at radius 3 is 1.23 bits per heavy atom. The Labute approximate surface area is 261 Å². The van der Waals surface area contributed by atoms with Gasteiger partial charge in [0.1, 0.15) is 0 Å². The van der Waals surface area contributed by atoms with Gasteiger partial charge in [0, 0.05) is 0 Å². The van der Waals surface area contributed by atoms with Gasteiger partial charge in [-0.25, -0.2) is 0 Å². The second-order valence-electron chi connectivity index (χ2n) is 16.2. The SMILES string of the molecule is CC(C)CCCC(C)CC[Si]1(CCC(C)CCCC(C)C)c2c[c]([Sn]([CH3])([CH3])[CH3])sc2-c2s[c]([Sn]([CH3])([CH3])[CH3])cc21. The molecule has 3 rings (SSSR count). The average Bonchev–Trinajstić information content (AvgIpc) is 3.48. The Bertz CT molecular complexity index is 966. The molecule has 2 unspecified atom stereocenters. The van der Waals surface area contributed by atoms with Gasteiger partial charge >= 0.3 is 264 Å². The molecule has 0 fully saturated rings. The summed E-state index contributed by atoms with van der Waals surface area (Å²) in [6.45, 7) is 14.7. The molecule has 0 N–H and O–H groups in total. The Hall–Kier alpha value is 1.21. The van der Waals surface area contributed by atoms with Crippen LogP contribution in [0.2, 0.25) is 41.7 Å². The third-order valence-electron chi connectivity index (χ3n) is 9.26. The van der Waals surface area contributed by atoms with Crippen molar-refractivity contribution in [2.45, 2.75) is 135 Å². The maximum absolute atomic E-state index is 2.84. The molecule has 0 amide bonds. The number of fused-ring (bicyclic) bond motifs is 3. The average molecular weight is 801 g/mol. The summed E-state index contributed by atoms with van der Waals surface area (Å²) in [6, 6.07) is 8.67. The summed E-state index contributed by atoms with van der Waals surface area (Å²) in [5.41, 5.74) is 0. The van der Waals surface area contributed by atoms with Crippen LogP contribution in [0.3, 0.4) is 0 Å². The number of hydrogen-bond donors (Lipinski definition) is 0. The van der Waals surface area contributed by atoms with Crippen LogP contribution < -0.4 is 16.2 Å². The minimum absolute atomic E-state index is 0.843. The van der Waals surface area contributed by atoms with Crippen LogP contribution >= 0.6 is 22.7 Å². The van der Waals surface area contributed by atoms with Gasteiger partial charge in [0.25, 0.3) is 0 Å². The summed E-state index contributed by atoms with van der Waals surface area (Å²) in [5, 5.41) is 3.82. The fourth-order valence-corrected chi connectivity index (χ4v) is 27.3. The van der Waals surface area contributed by atoms with Crippen LogP contribution in [0.1, 0.15) is 92.9 Å². The number of rotatable bonds is 16. The quantitative estimate of drug-likeness (QED) is 0.148. The first-order valence-corrected chi connectivity index (χ1v) is 40.4. The van der Waals surface area contributed by atoms with E-state index < -0.39 is 44.8 Å². The molecule has 0 nitrogen and oxygen atoms in total. The Kier molecular flexibility index (Phi) is 12.8. The minimum atomic E-state index is -2.13. The van der Waals surface area contributed by atoms with Crippen molar-refractivity contribution >= 4 is 83.7 Å². The molecule has 39 heavy (non-hydrogen) atoms. The molecule has 0 aromatic carbocycles. The van der Waals surface area contributed by atoms with E-state index in [1.807, 2.05) is 16.2 Å². The molecule has 2 atom stereocenters. The molecule has 1 aliphatic heterocycles. The standard InChI is InChI=1S/C28H44S2Si.6CH3.2Sn/c1-21(2)9-7-11-23(5)15-19-31(20-16-24(6)12-8-10-22(3)4)25-13-17-29-27(25)28-26(31)14-18-30-28;;;;;;;;/h13-14,21-24H,7-12,15-16,19-20H2,1-6H3;6*1H3;;. The fraction of sp³-hybridized carbons (Fsp3) is 0.765.